The molecule has 0 heterocycles. The van der Waals surface area contributed by atoms with E-state index in [4.69, 9.17) is 21.3 Å². The van der Waals surface area contributed by atoms with Crippen LogP contribution in [0.15, 0.2) is 77.8 Å². The zero-order valence-corrected chi connectivity index (χ0v) is 16.1. The number of aryl methyl sites for hydroxylation is 1. The molecule has 0 aliphatic carbocycles. The van der Waals surface area contributed by atoms with Crippen molar-refractivity contribution in [1.29, 1.82) is 0 Å². The molecule has 3 nitrogen and oxygen atoms in total. The van der Waals surface area contributed by atoms with Gasteiger partial charge in [0.05, 0.1) is 17.8 Å². The van der Waals surface area contributed by atoms with E-state index in [9.17, 15) is 0 Å². The molecule has 0 saturated carbocycles. The van der Waals surface area contributed by atoms with Gasteiger partial charge in [-0.05, 0) is 55.5 Å². The summed E-state index contributed by atoms with van der Waals surface area (Å²) < 4.78 is 5.21. The first-order valence-electron chi connectivity index (χ1n) is 7.97. The number of amidine groups is 1. The number of aliphatic imine (C=N–C) groups is 1. The molecular weight excluding hydrogens is 367 g/mol. The zero-order chi connectivity index (χ0) is 17.6. The zero-order valence-electron chi connectivity index (χ0n) is 14.6. The van der Waals surface area contributed by atoms with Crippen molar-refractivity contribution < 1.29 is 4.74 Å². The third-order valence-corrected chi connectivity index (χ3v) is 4.09. The first-order valence-corrected chi connectivity index (χ1v) is 8.35. The predicted octanol–water partition coefficient (Wildman–Crippen LogP) is 6.27. The van der Waals surface area contributed by atoms with Crippen LogP contribution in [0.3, 0.4) is 0 Å². The summed E-state index contributed by atoms with van der Waals surface area (Å²) in [7, 11) is 1.65. The summed E-state index contributed by atoms with van der Waals surface area (Å²) >= 11 is 6.38. The lowest BCUT2D eigenvalue weighted by molar-refractivity contribution is 0.415. The number of halogens is 2. The lowest BCUT2D eigenvalue weighted by Crippen LogP contribution is -2.14. The molecule has 0 radical (unpaired) electrons. The highest BCUT2D eigenvalue weighted by Crippen LogP contribution is 2.22. The summed E-state index contributed by atoms with van der Waals surface area (Å²) in [5.74, 6) is 1.50. The van der Waals surface area contributed by atoms with E-state index < -0.39 is 0 Å². The first kappa shape index (κ1) is 19.8. The van der Waals surface area contributed by atoms with Crippen LogP contribution >= 0.6 is 24.0 Å². The molecule has 1 N–H and O–H groups in total. The van der Waals surface area contributed by atoms with E-state index in [-0.39, 0.29) is 12.4 Å². The second kappa shape index (κ2) is 9.27. The standard InChI is InChI=1S/C21H19ClN2O.ClH/c1-15-7-9-16(10-8-15)23-21(19-5-3-4-6-20(19)22)24-17-11-13-18(25-2)14-12-17;/h3-14H,1-2H3,(H,23,24);1H. The number of ether oxygens (including phenoxy) is 1. The Morgan fingerprint density at radius 2 is 1.58 bits per heavy atom. The van der Waals surface area contributed by atoms with Crippen LogP contribution in [0.2, 0.25) is 5.02 Å². The second-order valence-electron chi connectivity index (χ2n) is 5.63. The van der Waals surface area contributed by atoms with Crippen molar-refractivity contribution in [3.8, 4) is 5.75 Å². The van der Waals surface area contributed by atoms with Gasteiger partial charge in [0.1, 0.15) is 11.6 Å². The molecule has 0 atom stereocenters. The van der Waals surface area contributed by atoms with Crippen molar-refractivity contribution in [2.45, 2.75) is 6.92 Å². The van der Waals surface area contributed by atoms with Crippen molar-refractivity contribution >= 4 is 41.2 Å². The number of methoxy groups -OCH3 is 1. The summed E-state index contributed by atoms with van der Waals surface area (Å²) in [4.78, 5) is 4.76. The maximum atomic E-state index is 6.38. The van der Waals surface area contributed by atoms with Gasteiger partial charge in [-0.1, -0.05) is 41.4 Å². The van der Waals surface area contributed by atoms with E-state index in [1.54, 1.807) is 7.11 Å². The van der Waals surface area contributed by atoms with E-state index in [2.05, 4.69) is 12.2 Å². The molecule has 3 aromatic carbocycles. The third-order valence-electron chi connectivity index (χ3n) is 3.76. The lowest BCUT2D eigenvalue weighted by Gasteiger charge is -2.12. The minimum absolute atomic E-state index is 0. The van der Waals surface area contributed by atoms with Gasteiger partial charge in [0, 0.05) is 11.3 Å². The molecule has 3 rings (SSSR count). The maximum absolute atomic E-state index is 6.38. The molecule has 134 valence electrons. The number of hydrogen-bond donors (Lipinski definition) is 1. The molecule has 0 amide bonds. The van der Waals surface area contributed by atoms with Crippen LogP contribution in [0.25, 0.3) is 0 Å². The van der Waals surface area contributed by atoms with Crippen LogP contribution in [-0.2, 0) is 0 Å². The van der Waals surface area contributed by atoms with E-state index in [0.717, 1.165) is 22.7 Å². The largest absolute Gasteiger partial charge is 0.497 e. The summed E-state index contributed by atoms with van der Waals surface area (Å²) in [5, 5.41) is 4.01. The molecule has 0 bridgehead atoms. The smallest absolute Gasteiger partial charge is 0.139 e. The minimum atomic E-state index is 0. The number of nitrogens with one attached hydrogen (secondary N) is 1. The molecule has 0 aliphatic heterocycles. The molecule has 0 aromatic heterocycles. The molecular formula is C21H20Cl2N2O. The van der Waals surface area contributed by atoms with Gasteiger partial charge in [-0.3, -0.25) is 0 Å². The summed E-state index contributed by atoms with van der Waals surface area (Å²) in [6.45, 7) is 2.05. The first-order chi connectivity index (χ1) is 12.2. The Hall–Kier alpha value is -2.49. The fourth-order valence-electron chi connectivity index (χ4n) is 2.37. The maximum Gasteiger partial charge on any atom is 0.139 e. The Morgan fingerprint density at radius 3 is 2.19 bits per heavy atom. The van der Waals surface area contributed by atoms with Crippen LogP contribution in [-0.4, -0.2) is 12.9 Å². The number of benzene rings is 3. The van der Waals surface area contributed by atoms with Gasteiger partial charge >= 0.3 is 0 Å². The SMILES string of the molecule is COc1ccc(NC(=Nc2ccc(C)cc2)c2ccccc2Cl)cc1.Cl. The van der Waals surface area contributed by atoms with Gasteiger partial charge in [0.2, 0.25) is 0 Å². The molecule has 5 heteroatoms. The Kier molecular flexibility index (Phi) is 7.07. The van der Waals surface area contributed by atoms with Crippen LogP contribution in [0.1, 0.15) is 11.1 Å². The van der Waals surface area contributed by atoms with E-state index in [0.29, 0.717) is 10.9 Å². The van der Waals surface area contributed by atoms with Gasteiger partial charge < -0.3 is 10.1 Å². The number of nitrogens with zero attached hydrogens (tertiary/aromatic N) is 1. The fraction of sp³-hybridized carbons (Fsp3) is 0.0952. The van der Waals surface area contributed by atoms with E-state index >= 15 is 0 Å². The van der Waals surface area contributed by atoms with Crippen molar-refractivity contribution in [2.24, 2.45) is 4.99 Å². The highest BCUT2D eigenvalue weighted by Gasteiger charge is 2.09. The van der Waals surface area contributed by atoms with Crippen LogP contribution in [0, 0.1) is 6.92 Å². The van der Waals surface area contributed by atoms with Crippen molar-refractivity contribution in [1.82, 2.24) is 0 Å². The van der Waals surface area contributed by atoms with Crippen LogP contribution < -0.4 is 10.1 Å². The normalized spacial score (nSPS) is 10.8. The van der Waals surface area contributed by atoms with Gasteiger partial charge in [0.15, 0.2) is 0 Å². The Labute approximate surface area is 165 Å². The molecule has 0 fully saturated rings. The number of hydrogen-bond acceptors (Lipinski definition) is 2. The van der Waals surface area contributed by atoms with Crippen LogP contribution in [0.5, 0.6) is 5.75 Å². The number of anilines is 1. The summed E-state index contributed by atoms with van der Waals surface area (Å²) in [6.07, 6.45) is 0. The average molecular weight is 387 g/mol. The average Bonchev–Trinajstić information content (AvgIpc) is 2.64. The Morgan fingerprint density at radius 1 is 0.923 bits per heavy atom. The van der Waals surface area contributed by atoms with E-state index in [1.807, 2.05) is 72.8 Å². The Bertz CT molecular complexity index is 875. The lowest BCUT2D eigenvalue weighted by atomic mass is 10.2. The second-order valence-corrected chi connectivity index (χ2v) is 6.04. The van der Waals surface area contributed by atoms with Crippen LogP contribution in [0.4, 0.5) is 11.4 Å². The van der Waals surface area contributed by atoms with Gasteiger partial charge in [0.25, 0.3) is 0 Å². The quantitative estimate of drug-likeness (QED) is 0.423. The molecule has 0 spiro atoms. The molecule has 3 aromatic rings. The highest BCUT2D eigenvalue weighted by atomic mass is 35.5. The van der Waals surface area contributed by atoms with Gasteiger partial charge in [-0.15, -0.1) is 12.4 Å². The summed E-state index contributed by atoms with van der Waals surface area (Å²) in [5.41, 5.74) is 3.81. The van der Waals surface area contributed by atoms with Crippen molar-refractivity contribution in [3.05, 3.63) is 88.9 Å². The van der Waals surface area contributed by atoms with Gasteiger partial charge in [-0.2, -0.15) is 0 Å². The van der Waals surface area contributed by atoms with E-state index in [1.165, 1.54) is 5.56 Å². The minimum Gasteiger partial charge on any atom is -0.497 e. The third kappa shape index (κ3) is 5.01. The van der Waals surface area contributed by atoms with Crippen molar-refractivity contribution in [2.75, 3.05) is 12.4 Å². The fourth-order valence-corrected chi connectivity index (χ4v) is 2.59. The van der Waals surface area contributed by atoms with Gasteiger partial charge in [-0.25, -0.2) is 4.99 Å². The number of rotatable bonds is 4. The molecule has 26 heavy (non-hydrogen) atoms. The molecule has 0 aliphatic rings. The highest BCUT2D eigenvalue weighted by molar-refractivity contribution is 6.35. The summed E-state index contributed by atoms with van der Waals surface area (Å²) in [6, 6.07) is 23.4. The molecule has 0 unspecified atom stereocenters. The van der Waals surface area contributed by atoms with Crippen molar-refractivity contribution in [3.63, 3.8) is 0 Å². The molecule has 0 saturated heterocycles. The predicted molar refractivity (Wildman–Crippen MR) is 113 cm³/mol. The monoisotopic (exact) mass is 386 g/mol. The topological polar surface area (TPSA) is 33.6 Å². The Balaban J connectivity index is 0.00000243.